The monoisotopic (exact) mass is 284 g/mol. The molecule has 0 aromatic heterocycles. The summed E-state index contributed by atoms with van der Waals surface area (Å²) in [6.07, 6.45) is 3.43. The van der Waals surface area contributed by atoms with Crippen LogP contribution in [0.3, 0.4) is 0 Å². The lowest BCUT2D eigenvalue weighted by molar-refractivity contribution is -0.141. The molecule has 2 unspecified atom stereocenters. The van der Waals surface area contributed by atoms with Crippen LogP contribution in [0.4, 0.5) is 0 Å². The summed E-state index contributed by atoms with van der Waals surface area (Å²) in [7, 11) is 0. The van der Waals surface area contributed by atoms with Crippen LogP contribution in [0.25, 0.3) is 0 Å². The lowest BCUT2D eigenvalue weighted by Crippen LogP contribution is -2.41. The van der Waals surface area contributed by atoms with Gasteiger partial charge in [-0.25, -0.2) is 0 Å². The highest BCUT2D eigenvalue weighted by molar-refractivity contribution is 5.76. The molecule has 0 aromatic carbocycles. The molecule has 0 aromatic rings. The molecule has 0 bridgehead atoms. The van der Waals surface area contributed by atoms with Crippen LogP contribution in [-0.2, 0) is 9.59 Å². The van der Waals surface area contributed by atoms with Gasteiger partial charge in [0.2, 0.25) is 5.91 Å². The van der Waals surface area contributed by atoms with Crippen molar-refractivity contribution in [1.29, 1.82) is 0 Å². The molecule has 5 heteroatoms. The van der Waals surface area contributed by atoms with Crippen LogP contribution in [0, 0.1) is 17.8 Å². The van der Waals surface area contributed by atoms with Gasteiger partial charge in [-0.3, -0.25) is 9.59 Å². The van der Waals surface area contributed by atoms with E-state index in [4.69, 9.17) is 10.8 Å². The Balaban J connectivity index is 2.47. The lowest BCUT2D eigenvalue weighted by atomic mass is 9.91. The maximum Gasteiger partial charge on any atom is 0.303 e. The predicted octanol–water partition coefficient (Wildman–Crippen LogP) is 1.71. The Morgan fingerprint density at radius 1 is 1.40 bits per heavy atom. The summed E-state index contributed by atoms with van der Waals surface area (Å²) in [6.45, 7) is 6.15. The SMILES string of the molecule is CC(C)CC(CN)CC(=O)N1CCCC(CC(=O)O)C1. The van der Waals surface area contributed by atoms with E-state index in [-0.39, 0.29) is 24.2 Å². The van der Waals surface area contributed by atoms with Gasteiger partial charge in [0.05, 0.1) is 0 Å². The number of nitrogens with zero attached hydrogens (tertiary/aromatic N) is 1. The van der Waals surface area contributed by atoms with Crippen LogP contribution < -0.4 is 5.73 Å². The second kappa shape index (κ2) is 8.25. The van der Waals surface area contributed by atoms with Crippen LogP contribution in [0.2, 0.25) is 0 Å². The Hall–Kier alpha value is -1.10. The number of hydrogen-bond acceptors (Lipinski definition) is 3. The third kappa shape index (κ3) is 5.90. The van der Waals surface area contributed by atoms with Crippen molar-refractivity contribution in [2.24, 2.45) is 23.5 Å². The summed E-state index contributed by atoms with van der Waals surface area (Å²) >= 11 is 0. The lowest BCUT2D eigenvalue weighted by Gasteiger charge is -2.33. The maximum atomic E-state index is 12.3. The van der Waals surface area contributed by atoms with Gasteiger partial charge in [0.1, 0.15) is 0 Å². The van der Waals surface area contributed by atoms with Gasteiger partial charge in [-0.1, -0.05) is 13.8 Å². The molecule has 1 amide bonds. The first-order chi connectivity index (χ1) is 9.42. The van der Waals surface area contributed by atoms with E-state index < -0.39 is 5.97 Å². The van der Waals surface area contributed by atoms with Crippen molar-refractivity contribution in [2.45, 2.75) is 46.0 Å². The summed E-state index contributed by atoms with van der Waals surface area (Å²) in [4.78, 5) is 24.9. The molecule has 0 radical (unpaired) electrons. The first kappa shape index (κ1) is 17.0. The molecular formula is C15H28N2O3. The zero-order valence-electron chi connectivity index (χ0n) is 12.7. The molecule has 3 N–H and O–H groups in total. The Bertz CT molecular complexity index is 331. The maximum absolute atomic E-state index is 12.3. The van der Waals surface area contributed by atoms with Crippen molar-refractivity contribution in [2.75, 3.05) is 19.6 Å². The molecular weight excluding hydrogens is 256 g/mol. The molecule has 1 fully saturated rings. The zero-order chi connectivity index (χ0) is 15.1. The fraction of sp³-hybridized carbons (Fsp3) is 0.867. The Kier molecular flexibility index (Phi) is 6.99. The standard InChI is InChI=1S/C15H28N2O3/c1-11(2)6-13(9-16)7-14(18)17-5-3-4-12(10-17)8-15(19)20/h11-13H,3-10,16H2,1-2H3,(H,19,20). The van der Waals surface area contributed by atoms with E-state index in [1.807, 2.05) is 4.90 Å². The second-order valence-corrected chi connectivity index (χ2v) is 6.38. The average Bonchev–Trinajstić information content (AvgIpc) is 2.36. The zero-order valence-corrected chi connectivity index (χ0v) is 12.7. The molecule has 5 nitrogen and oxygen atoms in total. The van der Waals surface area contributed by atoms with Gasteiger partial charge < -0.3 is 15.7 Å². The number of nitrogens with two attached hydrogens (primary N) is 1. The van der Waals surface area contributed by atoms with Gasteiger partial charge in [-0.2, -0.15) is 0 Å². The topological polar surface area (TPSA) is 83.6 Å². The van der Waals surface area contributed by atoms with Crippen LogP contribution >= 0.6 is 0 Å². The van der Waals surface area contributed by atoms with E-state index in [0.29, 0.717) is 25.4 Å². The van der Waals surface area contributed by atoms with Crippen LogP contribution in [0.15, 0.2) is 0 Å². The van der Waals surface area contributed by atoms with Gasteiger partial charge in [-0.15, -0.1) is 0 Å². The van der Waals surface area contributed by atoms with Crippen LogP contribution in [0.5, 0.6) is 0 Å². The Morgan fingerprint density at radius 2 is 2.10 bits per heavy atom. The highest BCUT2D eigenvalue weighted by Crippen LogP contribution is 2.22. The quantitative estimate of drug-likeness (QED) is 0.745. The van der Waals surface area contributed by atoms with Crippen molar-refractivity contribution in [3.63, 3.8) is 0 Å². The molecule has 1 aliphatic heterocycles. The number of aliphatic carboxylic acids is 1. The number of amides is 1. The summed E-state index contributed by atoms with van der Waals surface area (Å²) in [5.74, 6) is 0.242. The molecule has 0 saturated carbocycles. The van der Waals surface area contributed by atoms with Crippen molar-refractivity contribution >= 4 is 11.9 Å². The number of carbonyl (C=O) groups excluding carboxylic acids is 1. The van der Waals surface area contributed by atoms with Crippen molar-refractivity contribution in [3.05, 3.63) is 0 Å². The number of piperidine rings is 1. The number of rotatable bonds is 7. The molecule has 0 spiro atoms. The average molecular weight is 284 g/mol. The molecule has 1 heterocycles. The minimum atomic E-state index is -0.774. The molecule has 0 aliphatic carbocycles. The van der Waals surface area contributed by atoms with Crippen molar-refractivity contribution < 1.29 is 14.7 Å². The Labute approximate surface area is 121 Å². The first-order valence-corrected chi connectivity index (χ1v) is 7.62. The third-order valence-corrected chi connectivity index (χ3v) is 3.94. The number of carboxylic acid groups (broad SMARTS) is 1. The van der Waals surface area contributed by atoms with Crippen LogP contribution in [0.1, 0.15) is 46.0 Å². The highest BCUT2D eigenvalue weighted by Gasteiger charge is 2.26. The molecule has 1 saturated heterocycles. The number of hydrogen-bond donors (Lipinski definition) is 2. The smallest absolute Gasteiger partial charge is 0.303 e. The van der Waals surface area contributed by atoms with Gasteiger partial charge in [0.15, 0.2) is 0 Å². The molecule has 116 valence electrons. The van der Waals surface area contributed by atoms with Gasteiger partial charge in [0, 0.05) is 25.9 Å². The minimum absolute atomic E-state index is 0.103. The highest BCUT2D eigenvalue weighted by atomic mass is 16.4. The summed E-state index contributed by atoms with van der Waals surface area (Å²) < 4.78 is 0. The Morgan fingerprint density at radius 3 is 2.65 bits per heavy atom. The molecule has 2 atom stereocenters. The van der Waals surface area contributed by atoms with E-state index in [9.17, 15) is 9.59 Å². The van der Waals surface area contributed by atoms with E-state index in [1.165, 1.54) is 0 Å². The minimum Gasteiger partial charge on any atom is -0.481 e. The van der Waals surface area contributed by atoms with Gasteiger partial charge in [0.25, 0.3) is 0 Å². The fourth-order valence-electron chi connectivity index (χ4n) is 3.01. The predicted molar refractivity (Wildman–Crippen MR) is 78.2 cm³/mol. The summed E-state index contributed by atoms with van der Waals surface area (Å²) in [5.41, 5.74) is 5.74. The van der Waals surface area contributed by atoms with E-state index in [0.717, 1.165) is 25.8 Å². The second-order valence-electron chi connectivity index (χ2n) is 6.38. The van der Waals surface area contributed by atoms with E-state index in [1.54, 1.807) is 0 Å². The summed E-state index contributed by atoms with van der Waals surface area (Å²) in [5, 5.41) is 8.85. The fourth-order valence-corrected chi connectivity index (χ4v) is 3.01. The normalized spacial score (nSPS) is 21.0. The largest absolute Gasteiger partial charge is 0.481 e. The summed E-state index contributed by atoms with van der Waals surface area (Å²) in [6, 6.07) is 0. The number of carbonyl (C=O) groups is 2. The van der Waals surface area contributed by atoms with Gasteiger partial charge >= 0.3 is 5.97 Å². The first-order valence-electron chi connectivity index (χ1n) is 7.62. The van der Waals surface area contributed by atoms with Crippen LogP contribution in [-0.4, -0.2) is 41.5 Å². The number of carboxylic acids is 1. The molecule has 1 aliphatic rings. The number of likely N-dealkylation sites (tertiary alicyclic amines) is 1. The molecule has 20 heavy (non-hydrogen) atoms. The third-order valence-electron chi connectivity index (χ3n) is 3.94. The van der Waals surface area contributed by atoms with Gasteiger partial charge in [-0.05, 0) is 43.6 Å². The van der Waals surface area contributed by atoms with E-state index in [2.05, 4.69) is 13.8 Å². The van der Waals surface area contributed by atoms with E-state index >= 15 is 0 Å². The van der Waals surface area contributed by atoms with Crippen molar-refractivity contribution in [3.8, 4) is 0 Å². The molecule has 1 rings (SSSR count). The van der Waals surface area contributed by atoms with Crippen molar-refractivity contribution in [1.82, 2.24) is 4.90 Å².